The number of hydrogen-bond donors (Lipinski definition) is 2. The molecule has 0 aliphatic carbocycles. The lowest BCUT2D eigenvalue weighted by Crippen LogP contribution is -2.43. The second kappa shape index (κ2) is 5.29. The van der Waals surface area contributed by atoms with E-state index in [-0.39, 0.29) is 24.2 Å². The van der Waals surface area contributed by atoms with E-state index in [0.29, 0.717) is 5.69 Å². The van der Waals surface area contributed by atoms with Crippen LogP contribution in [0.25, 0.3) is 0 Å². The maximum atomic E-state index is 12.0. The van der Waals surface area contributed by atoms with Gasteiger partial charge in [0.2, 0.25) is 5.91 Å². The van der Waals surface area contributed by atoms with Crippen molar-refractivity contribution in [2.75, 3.05) is 12.3 Å². The Morgan fingerprint density at radius 3 is 2.47 bits per heavy atom. The summed E-state index contributed by atoms with van der Waals surface area (Å²) in [6.45, 7) is 3.48. The molecule has 0 spiro atoms. The van der Waals surface area contributed by atoms with Gasteiger partial charge in [0.1, 0.15) is 5.69 Å². The number of carbonyl (C=O) groups excluding carboxylic acids is 2. The number of anilines is 1. The molecule has 17 heavy (non-hydrogen) atoms. The Kier molecular flexibility index (Phi) is 4.03. The van der Waals surface area contributed by atoms with Crippen molar-refractivity contribution in [2.45, 2.75) is 19.9 Å². The number of hydrogen-bond acceptors (Lipinski definition) is 4. The summed E-state index contributed by atoms with van der Waals surface area (Å²) in [5.74, 6) is -0.888. The van der Waals surface area contributed by atoms with Gasteiger partial charge in [-0.2, -0.15) is 0 Å². The second-order valence-electron chi connectivity index (χ2n) is 3.97. The second-order valence-corrected chi connectivity index (χ2v) is 3.97. The fourth-order valence-corrected chi connectivity index (χ4v) is 1.34. The smallest absolute Gasteiger partial charge is 0.273 e. The van der Waals surface area contributed by atoms with E-state index in [2.05, 4.69) is 4.98 Å². The van der Waals surface area contributed by atoms with Crippen molar-refractivity contribution in [1.82, 2.24) is 9.88 Å². The standard InChI is InChI=1S/C11H16N4O2/c1-7(2)15(6-10(13)16)11(17)9-4-3-8(12)5-14-9/h3-5,7H,6,12H2,1-2H3,(H2,13,16). The number of primary amides is 1. The van der Waals surface area contributed by atoms with Gasteiger partial charge in [-0.15, -0.1) is 0 Å². The maximum absolute atomic E-state index is 12.0. The molecule has 2 amide bonds. The Labute approximate surface area is 99.6 Å². The van der Waals surface area contributed by atoms with Crippen LogP contribution < -0.4 is 11.5 Å². The van der Waals surface area contributed by atoms with E-state index in [1.54, 1.807) is 19.9 Å². The highest BCUT2D eigenvalue weighted by molar-refractivity contribution is 5.95. The minimum absolute atomic E-state index is 0.122. The van der Waals surface area contributed by atoms with E-state index < -0.39 is 5.91 Å². The molecule has 0 radical (unpaired) electrons. The Morgan fingerprint density at radius 2 is 2.06 bits per heavy atom. The highest BCUT2D eigenvalue weighted by Gasteiger charge is 2.21. The molecule has 4 N–H and O–H groups in total. The van der Waals surface area contributed by atoms with Gasteiger partial charge in [-0.1, -0.05) is 0 Å². The number of nitrogens with two attached hydrogens (primary N) is 2. The Morgan fingerprint density at radius 1 is 1.41 bits per heavy atom. The van der Waals surface area contributed by atoms with Gasteiger partial charge >= 0.3 is 0 Å². The van der Waals surface area contributed by atoms with Crippen LogP contribution in [0, 0.1) is 0 Å². The lowest BCUT2D eigenvalue weighted by molar-refractivity contribution is -0.119. The zero-order valence-electron chi connectivity index (χ0n) is 9.88. The van der Waals surface area contributed by atoms with Crippen LogP contribution in [-0.2, 0) is 4.79 Å². The molecule has 0 unspecified atom stereocenters. The molecule has 0 aromatic carbocycles. The van der Waals surface area contributed by atoms with Crippen LogP contribution in [0.2, 0.25) is 0 Å². The summed E-state index contributed by atoms with van der Waals surface area (Å²) in [5, 5.41) is 0. The van der Waals surface area contributed by atoms with E-state index in [4.69, 9.17) is 11.5 Å². The van der Waals surface area contributed by atoms with Gasteiger partial charge in [0.05, 0.1) is 18.4 Å². The molecule has 0 aliphatic heterocycles. The number of amides is 2. The zero-order chi connectivity index (χ0) is 13.0. The van der Waals surface area contributed by atoms with Crippen LogP contribution in [0.5, 0.6) is 0 Å². The van der Waals surface area contributed by atoms with Crippen molar-refractivity contribution in [3.63, 3.8) is 0 Å². The van der Waals surface area contributed by atoms with Crippen LogP contribution in [0.1, 0.15) is 24.3 Å². The highest BCUT2D eigenvalue weighted by atomic mass is 16.2. The zero-order valence-corrected chi connectivity index (χ0v) is 9.88. The largest absolute Gasteiger partial charge is 0.397 e. The van der Waals surface area contributed by atoms with Gasteiger partial charge in [-0.3, -0.25) is 9.59 Å². The van der Waals surface area contributed by atoms with Gasteiger partial charge in [-0.05, 0) is 26.0 Å². The van der Waals surface area contributed by atoms with Crippen molar-refractivity contribution in [3.05, 3.63) is 24.0 Å². The van der Waals surface area contributed by atoms with Gasteiger partial charge in [0.15, 0.2) is 0 Å². The van der Waals surface area contributed by atoms with Crippen LogP contribution in [0.3, 0.4) is 0 Å². The first kappa shape index (κ1) is 13.0. The molecule has 1 heterocycles. The van der Waals surface area contributed by atoms with E-state index in [0.717, 1.165) is 0 Å². The molecule has 0 saturated heterocycles. The van der Waals surface area contributed by atoms with E-state index in [9.17, 15) is 9.59 Å². The molecule has 6 heteroatoms. The fourth-order valence-electron chi connectivity index (χ4n) is 1.34. The number of carbonyl (C=O) groups is 2. The quantitative estimate of drug-likeness (QED) is 0.768. The molecule has 1 aromatic rings. The summed E-state index contributed by atoms with van der Waals surface area (Å²) < 4.78 is 0. The molecule has 0 fully saturated rings. The Balaban J connectivity index is 2.91. The van der Waals surface area contributed by atoms with Gasteiger partial charge in [-0.25, -0.2) is 4.98 Å². The normalized spacial score (nSPS) is 10.3. The number of nitrogen functional groups attached to an aromatic ring is 1. The topological polar surface area (TPSA) is 102 Å². The minimum Gasteiger partial charge on any atom is -0.397 e. The maximum Gasteiger partial charge on any atom is 0.273 e. The first-order valence-corrected chi connectivity index (χ1v) is 5.22. The van der Waals surface area contributed by atoms with Crippen LogP contribution in [-0.4, -0.2) is 34.3 Å². The molecule has 1 rings (SSSR count). The SMILES string of the molecule is CC(C)N(CC(N)=O)C(=O)c1ccc(N)cn1. The molecule has 0 saturated carbocycles. The minimum atomic E-state index is -0.553. The molecule has 6 nitrogen and oxygen atoms in total. The molecule has 0 atom stereocenters. The monoisotopic (exact) mass is 236 g/mol. The third kappa shape index (κ3) is 3.44. The Hall–Kier alpha value is -2.11. The third-order valence-electron chi connectivity index (χ3n) is 2.22. The van der Waals surface area contributed by atoms with Crippen LogP contribution >= 0.6 is 0 Å². The summed E-state index contributed by atoms with van der Waals surface area (Å²) >= 11 is 0. The summed E-state index contributed by atoms with van der Waals surface area (Å²) in [6.07, 6.45) is 1.40. The van der Waals surface area contributed by atoms with Crippen molar-refractivity contribution in [3.8, 4) is 0 Å². The molecule has 92 valence electrons. The van der Waals surface area contributed by atoms with Crippen molar-refractivity contribution in [2.24, 2.45) is 5.73 Å². The van der Waals surface area contributed by atoms with Crippen LogP contribution in [0.4, 0.5) is 5.69 Å². The third-order valence-corrected chi connectivity index (χ3v) is 2.22. The van der Waals surface area contributed by atoms with Crippen molar-refractivity contribution in [1.29, 1.82) is 0 Å². The molecular formula is C11H16N4O2. The van der Waals surface area contributed by atoms with Gasteiger partial charge in [0.25, 0.3) is 5.91 Å². The van der Waals surface area contributed by atoms with Crippen LogP contribution in [0.15, 0.2) is 18.3 Å². The first-order chi connectivity index (χ1) is 7.91. The van der Waals surface area contributed by atoms with Gasteiger partial charge < -0.3 is 16.4 Å². The predicted molar refractivity (Wildman–Crippen MR) is 64.0 cm³/mol. The summed E-state index contributed by atoms with van der Waals surface area (Å²) in [7, 11) is 0. The van der Waals surface area contributed by atoms with E-state index in [1.165, 1.54) is 17.2 Å². The molecule has 0 bridgehead atoms. The lowest BCUT2D eigenvalue weighted by Gasteiger charge is -2.24. The fraction of sp³-hybridized carbons (Fsp3) is 0.364. The highest BCUT2D eigenvalue weighted by Crippen LogP contribution is 2.07. The van der Waals surface area contributed by atoms with Crippen molar-refractivity contribution < 1.29 is 9.59 Å². The molecule has 0 aliphatic rings. The van der Waals surface area contributed by atoms with E-state index >= 15 is 0 Å². The summed E-state index contributed by atoms with van der Waals surface area (Å²) in [6, 6.07) is 2.98. The van der Waals surface area contributed by atoms with Crippen molar-refractivity contribution >= 4 is 17.5 Å². The number of nitrogens with zero attached hydrogens (tertiary/aromatic N) is 2. The average Bonchev–Trinajstić information content (AvgIpc) is 2.25. The van der Waals surface area contributed by atoms with Gasteiger partial charge in [0, 0.05) is 6.04 Å². The Bertz CT molecular complexity index is 414. The molecular weight excluding hydrogens is 220 g/mol. The number of aromatic nitrogens is 1. The predicted octanol–water partition coefficient (Wildman–Crippen LogP) is -0.000300. The molecule has 1 aromatic heterocycles. The summed E-state index contributed by atoms with van der Waals surface area (Å²) in [4.78, 5) is 28.2. The first-order valence-electron chi connectivity index (χ1n) is 5.22. The number of rotatable bonds is 4. The van der Waals surface area contributed by atoms with E-state index in [1.807, 2.05) is 0 Å². The average molecular weight is 236 g/mol. The lowest BCUT2D eigenvalue weighted by atomic mass is 10.2. The number of pyridine rings is 1. The summed E-state index contributed by atoms with van der Waals surface area (Å²) in [5.41, 5.74) is 11.3.